The second-order valence-electron chi connectivity index (χ2n) is 7.41. The van der Waals surface area contributed by atoms with Gasteiger partial charge in [-0.1, -0.05) is 12.1 Å². The zero-order chi connectivity index (χ0) is 21.9. The average Bonchev–Trinajstić information content (AvgIpc) is 3.51. The SMILES string of the molecule is CCNC(=NCC(c1ccc(OC)cc1)N1CCCC1)NCCNC(=O)c1ccco1. The summed E-state index contributed by atoms with van der Waals surface area (Å²) in [6.07, 6.45) is 3.94. The van der Waals surface area contributed by atoms with Gasteiger partial charge in [0.25, 0.3) is 5.91 Å². The van der Waals surface area contributed by atoms with Gasteiger partial charge < -0.3 is 25.1 Å². The molecule has 1 fully saturated rings. The second kappa shape index (κ2) is 12.0. The van der Waals surface area contributed by atoms with E-state index in [1.165, 1.54) is 24.7 Å². The van der Waals surface area contributed by atoms with Crippen LogP contribution in [0.5, 0.6) is 5.75 Å². The molecule has 1 unspecified atom stereocenters. The van der Waals surface area contributed by atoms with Crippen molar-refractivity contribution in [2.24, 2.45) is 4.99 Å². The van der Waals surface area contributed by atoms with E-state index in [4.69, 9.17) is 14.1 Å². The lowest BCUT2D eigenvalue weighted by Crippen LogP contribution is -2.42. The number of nitrogens with zero attached hydrogens (tertiary/aromatic N) is 2. The summed E-state index contributed by atoms with van der Waals surface area (Å²) in [5.41, 5.74) is 1.24. The number of carbonyl (C=O) groups is 1. The maximum atomic E-state index is 11.9. The van der Waals surface area contributed by atoms with Crippen molar-refractivity contribution in [2.75, 3.05) is 46.4 Å². The molecule has 0 radical (unpaired) electrons. The van der Waals surface area contributed by atoms with Crippen LogP contribution in [0.1, 0.15) is 41.9 Å². The smallest absolute Gasteiger partial charge is 0.287 e. The Labute approximate surface area is 184 Å². The Hall–Kier alpha value is -3.00. The molecule has 0 saturated carbocycles. The predicted octanol–water partition coefficient (Wildman–Crippen LogP) is 2.41. The Kier molecular flexibility index (Phi) is 8.78. The number of benzene rings is 1. The van der Waals surface area contributed by atoms with E-state index in [9.17, 15) is 4.79 Å². The molecule has 2 aromatic rings. The Morgan fingerprint density at radius 1 is 1.13 bits per heavy atom. The van der Waals surface area contributed by atoms with Crippen molar-refractivity contribution in [3.8, 4) is 5.75 Å². The molecular formula is C23H33N5O3. The third-order valence-corrected chi connectivity index (χ3v) is 5.30. The van der Waals surface area contributed by atoms with E-state index in [1.54, 1.807) is 19.2 Å². The minimum absolute atomic E-state index is 0.220. The molecule has 1 aromatic heterocycles. The van der Waals surface area contributed by atoms with Gasteiger partial charge in [-0.05, 0) is 62.7 Å². The van der Waals surface area contributed by atoms with Crippen molar-refractivity contribution in [2.45, 2.75) is 25.8 Å². The summed E-state index contributed by atoms with van der Waals surface area (Å²) < 4.78 is 10.4. The summed E-state index contributed by atoms with van der Waals surface area (Å²) in [5.74, 6) is 1.70. The maximum absolute atomic E-state index is 11.9. The van der Waals surface area contributed by atoms with Crippen molar-refractivity contribution in [3.05, 3.63) is 54.0 Å². The van der Waals surface area contributed by atoms with Crippen LogP contribution >= 0.6 is 0 Å². The van der Waals surface area contributed by atoms with Gasteiger partial charge in [0.05, 0.1) is 26.0 Å². The van der Waals surface area contributed by atoms with E-state index >= 15 is 0 Å². The number of guanidine groups is 1. The highest BCUT2D eigenvalue weighted by molar-refractivity contribution is 5.91. The fourth-order valence-corrected chi connectivity index (χ4v) is 3.68. The van der Waals surface area contributed by atoms with Crippen LogP contribution in [0.4, 0.5) is 0 Å². The lowest BCUT2D eigenvalue weighted by molar-refractivity contribution is 0.0926. The molecule has 1 aliphatic rings. The molecule has 1 amide bonds. The number of furan rings is 1. The average molecular weight is 428 g/mol. The quantitative estimate of drug-likeness (QED) is 0.306. The van der Waals surface area contributed by atoms with Gasteiger partial charge in [0.1, 0.15) is 5.75 Å². The van der Waals surface area contributed by atoms with Gasteiger partial charge in [-0.3, -0.25) is 14.7 Å². The lowest BCUT2D eigenvalue weighted by atomic mass is 10.1. The van der Waals surface area contributed by atoms with Gasteiger partial charge in [0, 0.05) is 19.6 Å². The van der Waals surface area contributed by atoms with E-state index in [-0.39, 0.29) is 11.9 Å². The first-order chi connectivity index (χ1) is 15.2. The number of nitrogens with one attached hydrogen (secondary N) is 3. The van der Waals surface area contributed by atoms with Gasteiger partial charge in [0.15, 0.2) is 11.7 Å². The molecule has 168 valence electrons. The summed E-state index contributed by atoms with van der Waals surface area (Å²) >= 11 is 0. The van der Waals surface area contributed by atoms with E-state index in [0.717, 1.165) is 31.3 Å². The van der Waals surface area contributed by atoms with Crippen molar-refractivity contribution in [1.29, 1.82) is 0 Å². The van der Waals surface area contributed by atoms with Gasteiger partial charge in [-0.25, -0.2) is 0 Å². The van der Waals surface area contributed by atoms with Crippen LogP contribution in [0.2, 0.25) is 0 Å². The standard InChI is InChI=1S/C23H33N5O3/c1-3-24-23(26-13-12-25-22(29)21-7-6-16-31-21)27-17-20(28-14-4-5-15-28)18-8-10-19(30-2)11-9-18/h6-11,16,20H,3-5,12-15,17H2,1-2H3,(H,25,29)(H2,24,26,27). The number of rotatable bonds is 10. The first-order valence-corrected chi connectivity index (χ1v) is 10.9. The third-order valence-electron chi connectivity index (χ3n) is 5.30. The van der Waals surface area contributed by atoms with Gasteiger partial charge in [0.2, 0.25) is 0 Å². The van der Waals surface area contributed by atoms with Crippen LogP contribution in [-0.4, -0.2) is 63.1 Å². The van der Waals surface area contributed by atoms with Gasteiger partial charge in [-0.15, -0.1) is 0 Å². The van der Waals surface area contributed by atoms with Crippen molar-refractivity contribution >= 4 is 11.9 Å². The highest BCUT2D eigenvalue weighted by Gasteiger charge is 2.23. The number of methoxy groups -OCH3 is 1. The minimum atomic E-state index is -0.220. The monoisotopic (exact) mass is 427 g/mol. The topological polar surface area (TPSA) is 91.1 Å². The predicted molar refractivity (Wildman–Crippen MR) is 122 cm³/mol. The molecule has 0 bridgehead atoms. The third kappa shape index (κ3) is 6.75. The summed E-state index contributed by atoms with van der Waals surface area (Å²) in [6, 6.07) is 11.8. The van der Waals surface area contributed by atoms with Crippen LogP contribution < -0.4 is 20.7 Å². The van der Waals surface area contributed by atoms with E-state index < -0.39 is 0 Å². The fraction of sp³-hybridized carbons (Fsp3) is 0.478. The zero-order valence-electron chi connectivity index (χ0n) is 18.4. The highest BCUT2D eigenvalue weighted by Crippen LogP contribution is 2.27. The molecule has 2 heterocycles. The lowest BCUT2D eigenvalue weighted by Gasteiger charge is -2.27. The molecule has 0 spiro atoms. The fourth-order valence-electron chi connectivity index (χ4n) is 3.68. The molecule has 8 nitrogen and oxygen atoms in total. The second-order valence-corrected chi connectivity index (χ2v) is 7.41. The largest absolute Gasteiger partial charge is 0.497 e. The summed E-state index contributed by atoms with van der Waals surface area (Å²) in [7, 11) is 1.68. The van der Waals surface area contributed by atoms with Crippen molar-refractivity contribution < 1.29 is 13.9 Å². The van der Waals surface area contributed by atoms with Crippen molar-refractivity contribution in [1.82, 2.24) is 20.9 Å². The number of aliphatic imine (C=N–C) groups is 1. The molecule has 8 heteroatoms. The van der Waals surface area contributed by atoms with E-state index in [2.05, 4.69) is 33.0 Å². The van der Waals surface area contributed by atoms with Crippen LogP contribution in [-0.2, 0) is 0 Å². The van der Waals surface area contributed by atoms with Gasteiger partial charge in [-0.2, -0.15) is 0 Å². The van der Waals surface area contributed by atoms with Crippen LogP contribution in [0.25, 0.3) is 0 Å². The summed E-state index contributed by atoms with van der Waals surface area (Å²) in [6.45, 7) is 6.68. The molecular weight excluding hydrogens is 394 g/mol. The number of amides is 1. The zero-order valence-corrected chi connectivity index (χ0v) is 18.4. The Bertz CT molecular complexity index is 814. The van der Waals surface area contributed by atoms with Crippen LogP contribution in [0.15, 0.2) is 52.1 Å². The molecule has 1 aliphatic heterocycles. The first kappa shape index (κ1) is 22.7. The Morgan fingerprint density at radius 3 is 2.52 bits per heavy atom. The minimum Gasteiger partial charge on any atom is -0.497 e. The first-order valence-electron chi connectivity index (χ1n) is 10.9. The van der Waals surface area contributed by atoms with Crippen LogP contribution in [0.3, 0.4) is 0 Å². The number of ether oxygens (including phenoxy) is 1. The molecule has 0 aliphatic carbocycles. The van der Waals surface area contributed by atoms with E-state index in [0.29, 0.717) is 25.4 Å². The summed E-state index contributed by atoms with van der Waals surface area (Å²) in [4.78, 5) is 19.3. The molecule has 1 saturated heterocycles. The van der Waals surface area contributed by atoms with Crippen LogP contribution in [0, 0.1) is 0 Å². The number of hydrogen-bond donors (Lipinski definition) is 3. The molecule has 1 aromatic carbocycles. The maximum Gasteiger partial charge on any atom is 0.287 e. The van der Waals surface area contributed by atoms with Gasteiger partial charge >= 0.3 is 0 Å². The molecule has 1 atom stereocenters. The number of hydrogen-bond acceptors (Lipinski definition) is 5. The van der Waals surface area contributed by atoms with E-state index in [1.807, 2.05) is 19.1 Å². The molecule has 3 N–H and O–H groups in total. The molecule has 31 heavy (non-hydrogen) atoms. The number of carbonyl (C=O) groups excluding carboxylic acids is 1. The summed E-state index contributed by atoms with van der Waals surface area (Å²) in [5, 5.41) is 9.41. The highest BCUT2D eigenvalue weighted by atomic mass is 16.5. The molecule has 3 rings (SSSR count). The Balaban J connectivity index is 1.57. The number of likely N-dealkylation sites (tertiary alicyclic amines) is 1. The van der Waals surface area contributed by atoms with Crippen molar-refractivity contribution in [3.63, 3.8) is 0 Å². The normalized spacial score (nSPS) is 15.5. The Morgan fingerprint density at radius 2 is 1.87 bits per heavy atom.